The Morgan fingerprint density at radius 2 is 1.71 bits per heavy atom. The fourth-order valence-corrected chi connectivity index (χ4v) is 1.76. The highest BCUT2D eigenvalue weighted by Crippen LogP contribution is 2.23. The number of nitrogens with zero attached hydrogens (tertiary/aromatic N) is 2. The summed E-state index contributed by atoms with van der Waals surface area (Å²) in [6.07, 6.45) is 3.55. The number of ether oxygens (including phenoxy) is 1. The maximum Gasteiger partial charge on any atom is 0.0604 e. The van der Waals surface area contributed by atoms with Crippen LogP contribution in [0.15, 0.2) is 18.2 Å². The predicted octanol–water partition coefficient (Wildman–Crippen LogP) is 4.26. The Morgan fingerprint density at radius 1 is 1.14 bits per heavy atom. The van der Waals surface area contributed by atoms with Crippen molar-refractivity contribution in [3.8, 4) is 0 Å². The normalized spacial score (nSPS) is 14.1. The van der Waals surface area contributed by atoms with Crippen LogP contribution in [0, 0.1) is 0 Å². The van der Waals surface area contributed by atoms with Crippen LogP contribution in [-0.4, -0.2) is 37.2 Å². The van der Waals surface area contributed by atoms with E-state index in [2.05, 4.69) is 62.9 Å². The molecule has 1 aromatic heterocycles. The molecule has 0 saturated carbocycles. The lowest BCUT2D eigenvalue weighted by Crippen LogP contribution is -2.36. The van der Waals surface area contributed by atoms with Crippen molar-refractivity contribution in [1.29, 1.82) is 0 Å². The third-order valence-corrected chi connectivity index (χ3v) is 3.74. The Morgan fingerprint density at radius 3 is 2.10 bits per heavy atom. The maximum absolute atomic E-state index is 4.94. The molecule has 0 radical (unpaired) electrons. The van der Waals surface area contributed by atoms with Crippen molar-refractivity contribution in [3.05, 3.63) is 29.6 Å². The molecular weight excluding hydrogens is 260 g/mol. The number of hydrogen-bond donors (Lipinski definition) is 0. The van der Waals surface area contributed by atoms with Gasteiger partial charge in [0.05, 0.1) is 11.2 Å². The van der Waals surface area contributed by atoms with Crippen LogP contribution in [0.3, 0.4) is 0 Å². The molecule has 0 spiro atoms. The Kier molecular flexibility index (Phi) is 10.3. The van der Waals surface area contributed by atoms with E-state index >= 15 is 0 Å². The van der Waals surface area contributed by atoms with Gasteiger partial charge in [0.15, 0.2) is 0 Å². The second kappa shape index (κ2) is 10.7. The van der Waals surface area contributed by atoms with Gasteiger partial charge in [-0.3, -0.25) is 9.88 Å². The van der Waals surface area contributed by atoms with Gasteiger partial charge in [-0.1, -0.05) is 26.8 Å². The lowest BCUT2D eigenvalue weighted by molar-refractivity contribution is 0.191. The lowest BCUT2D eigenvalue weighted by atomic mass is 9.98. The van der Waals surface area contributed by atoms with E-state index in [9.17, 15) is 0 Å². The summed E-state index contributed by atoms with van der Waals surface area (Å²) in [4.78, 5) is 6.83. The minimum atomic E-state index is 0.00514. The Labute approximate surface area is 131 Å². The molecule has 0 bridgehead atoms. The molecular formula is C18H34N2O. The minimum Gasteiger partial charge on any atom is -0.381 e. The molecule has 2 rings (SSSR count). The van der Waals surface area contributed by atoms with Gasteiger partial charge in [0.1, 0.15) is 0 Å². The Balaban J connectivity index is 0.000000473. The van der Waals surface area contributed by atoms with E-state index in [1.807, 2.05) is 13.8 Å². The number of aromatic nitrogens is 1. The van der Waals surface area contributed by atoms with Gasteiger partial charge in [0, 0.05) is 18.9 Å². The molecule has 0 unspecified atom stereocenters. The predicted molar refractivity (Wildman–Crippen MR) is 91.7 cm³/mol. The molecule has 1 aliphatic rings. The highest BCUT2D eigenvalue weighted by molar-refractivity contribution is 5.17. The smallest absolute Gasteiger partial charge is 0.0604 e. The fourth-order valence-electron chi connectivity index (χ4n) is 1.76. The summed E-state index contributed by atoms with van der Waals surface area (Å²) in [5.41, 5.74) is 2.31. The SMILES string of the molecule is C1CCOC1.CC.CCc1cccc(C(C)(C)N(C)C)n1. The van der Waals surface area contributed by atoms with Crippen LogP contribution in [0.4, 0.5) is 0 Å². The van der Waals surface area contributed by atoms with Crippen LogP contribution < -0.4 is 0 Å². The van der Waals surface area contributed by atoms with Crippen molar-refractivity contribution in [3.63, 3.8) is 0 Å². The van der Waals surface area contributed by atoms with Crippen LogP contribution in [-0.2, 0) is 16.7 Å². The van der Waals surface area contributed by atoms with Crippen molar-refractivity contribution in [2.45, 2.75) is 59.4 Å². The van der Waals surface area contributed by atoms with Crippen LogP contribution >= 0.6 is 0 Å². The molecule has 0 amide bonds. The van der Waals surface area contributed by atoms with Gasteiger partial charge in [-0.25, -0.2) is 0 Å². The van der Waals surface area contributed by atoms with Gasteiger partial charge in [0.2, 0.25) is 0 Å². The van der Waals surface area contributed by atoms with Crippen LogP contribution in [0.5, 0.6) is 0 Å². The first-order chi connectivity index (χ1) is 9.98. The molecule has 0 aromatic carbocycles. The van der Waals surface area contributed by atoms with E-state index in [1.54, 1.807) is 0 Å². The van der Waals surface area contributed by atoms with Gasteiger partial charge < -0.3 is 4.74 Å². The summed E-state index contributed by atoms with van der Waals surface area (Å²) in [7, 11) is 4.17. The van der Waals surface area contributed by atoms with Crippen molar-refractivity contribution >= 4 is 0 Å². The molecule has 1 fully saturated rings. The Bertz CT molecular complexity index is 364. The molecule has 3 heteroatoms. The summed E-state index contributed by atoms with van der Waals surface area (Å²) in [5, 5.41) is 0. The molecule has 0 aliphatic carbocycles. The van der Waals surface area contributed by atoms with Gasteiger partial charge in [-0.15, -0.1) is 0 Å². The van der Waals surface area contributed by atoms with E-state index in [4.69, 9.17) is 4.74 Å². The molecule has 0 atom stereocenters. The quantitative estimate of drug-likeness (QED) is 0.832. The fraction of sp³-hybridized carbons (Fsp3) is 0.722. The van der Waals surface area contributed by atoms with Crippen molar-refractivity contribution in [1.82, 2.24) is 9.88 Å². The Hall–Kier alpha value is -0.930. The molecule has 3 nitrogen and oxygen atoms in total. The highest BCUT2D eigenvalue weighted by atomic mass is 16.5. The van der Waals surface area contributed by atoms with E-state index in [-0.39, 0.29) is 5.54 Å². The average Bonchev–Trinajstić information content (AvgIpc) is 3.08. The maximum atomic E-state index is 4.94. The summed E-state index contributed by atoms with van der Waals surface area (Å²) in [6.45, 7) is 12.5. The van der Waals surface area contributed by atoms with Crippen molar-refractivity contribution in [2.24, 2.45) is 0 Å². The first-order valence-electron chi connectivity index (χ1n) is 8.20. The zero-order chi connectivity index (χ0) is 16.3. The number of rotatable bonds is 3. The van der Waals surface area contributed by atoms with E-state index in [1.165, 1.54) is 12.8 Å². The first kappa shape index (κ1) is 20.1. The third-order valence-electron chi connectivity index (χ3n) is 3.74. The van der Waals surface area contributed by atoms with Gasteiger partial charge in [0.25, 0.3) is 0 Å². The topological polar surface area (TPSA) is 25.4 Å². The van der Waals surface area contributed by atoms with Gasteiger partial charge in [-0.05, 0) is 59.3 Å². The standard InChI is InChI=1S/C12H20N2.C4H8O.C2H6/c1-6-10-8-7-9-11(13-10)12(2,3)14(4)5;1-2-4-5-3-1;1-2/h7-9H,6H2,1-5H3;1-4H2;1-2H3. The number of hydrogen-bond acceptors (Lipinski definition) is 3. The van der Waals surface area contributed by atoms with Crippen LogP contribution in [0.2, 0.25) is 0 Å². The van der Waals surface area contributed by atoms with Gasteiger partial charge >= 0.3 is 0 Å². The summed E-state index contributed by atoms with van der Waals surface area (Å²) < 4.78 is 4.94. The lowest BCUT2D eigenvalue weighted by Gasteiger charge is -2.32. The summed E-state index contributed by atoms with van der Waals surface area (Å²) >= 11 is 0. The molecule has 21 heavy (non-hydrogen) atoms. The zero-order valence-corrected chi connectivity index (χ0v) is 15.1. The average molecular weight is 294 g/mol. The zero-order valence-electron chi connectivity index (χ0n) is 15.1. The number of pyridine rings is 1. The first-order valence-corrected chi connectivity index (χ1v) is 8.20. The molecule has 2 heterocycles. The highest BCUT2D eigenvalue weighted by Gasteiger charge is 2.24. The van der Waals surface area contributed by atoms with Gasteiger partial charge in [-0.2, -0.15) is 0 Å². The molecule has 122 valence electrons. The molecule has 1 aliphatic heterocycles. The van der Waals surface area contributed by atoms with E-state index < -0.39 is 0 Å². The van der Waals surface area contributed by atoms with Crippen molar-refractivity contribution < 1.29 is 4.74 Å². The molecule has 1 saturated heterocycles. The third kappa shape index (κ3) is 7.05. The number of aryl methyl sites for hydroxylation is 1. The molecule has 0 N–H and O–H groups in total. The minimum absolute atomic E-state index is 0.00514. The van der Waals surface area contributed by atoms with Crippen LogP contribution in [0.1, 0.15) is 58.8 Å². The second-order valence-corrected chi connectivity index (χ2v) is 5.64. The van der Waals surface area contributed by atoms with Crippen LogP contribution in [0.25, 0.3) is 0 Å². The van der Waals surface area contributed by atoms with Crippen molar-refractivity contribution in [2.75, 3.05) is 27.3 Å². The van der Waals surface area contributed by atoms with E-state index in [0.717, 1.165) is 31.0 Å². The summed E-state index contributed by atoms with van der Waals surface area (Å²) in [6, 6.07) is 6.26. The molecule has 1 aromatic rings. The monoisotopic (exact) mass is 294 g/mol. The van der Waals surface area contributed by atoms with E-state index in [0.29, 0.717) is 0 Å². The largest absolute Gasteiger partial charge is 0.381 e. The second-order valence-electron chi connectivity index (χ2n) is 5.64. The summed E-state index contributed by atoms with van der Waals surface area (Å²) in [5.74, 6) is 0.